The molecule has 1 atom stereocenters. The Morgan fingerprint density at radius 2 is 1.85 bits per heavy atom. The quantitative estimate of drug-likeness (QED) is 0.526. The number of carbonyl (C=O) groups is 2. The van der Waals surface area contributed by atoms with Gasteiger partial charge < -0.3 is 5.32 Å². The fraction of sp³-hybridized carbons (Fsp3) is 0.105. The molecular formula is C19H15N5O2. The molecule has 128 valence electrons. The van der Waals surface area contributed by atoms with Gasteiger partial charge in [0.05, 0.1) is 6.07 Å². The lowest BCUT2D eigenvalue weighted by Crippen LogP contribution is -2.28. The molecule has 7 heteroatoms. The van der Waals surface area contributed by atoms with Crippen LogP contribution in [0.4, 0.5) is 5.69 Å². The lowest BCUT2D eigenvalue weighted by atomic mass is 9.96. The number of Topliss-reactive ketones (excluding diaryl/α,β-unsaturated/α-hetero) is 1. The van der Waals surface area contributed by atoms with Crippen molar-refractivity contribution in [3.63, 3.8) is 0 Å². The number of aromatic nitrogens is 3. The summed E-state index contributed by atoms with van der Waals surface area (Å²) in [5.74, 6) is -1.88. The Balaban J connectivity index is 1.70. The molecule has 0 saturated heterocycles. The third kappa shape index (κ3) is 3.99. The van der Waals surface area contributed by atoms with E-state index in [2.05, 4.69) is 20.5 Å². The number of hydrogen-bond acceptors (Lipinski definition) is 5. The van der Waals surface area contributed by atoms with E-state index in [9.17, 15) is 14.9 Å². The standard InChI is InChI=1S/C19H15N5O2/c20-11-16(19(26)23-15-4-2-1-3-5-15)18(25)14-8-6-13(7-9-14)10-17-21-12-22-24-17/h1-9,12,16H,10H2,(H,23,26)(H,21,22,24). The van der Waals surface area contributed by atoms with Crippen molar-refractivity contribution in [2.45, 2.75) is 6.42 Å². The number of nitrogens with one attached hydrogen (secondary N) is 2. The normalized spacial score (nSPS) is 11.3. The van der Waals surface area contributed by atoms with Crippen LogP contribution in [-0.4, -0.2) is 26.9 Å². The van der Waals surface area contributed by atoms with Crippen molar-refractivity contribution in [1.29, 1.82) is 5.26 Å². The summed E-state index contributed by atoms with van der Waals surface area (Å²) >= 11 is 0. The number of benzene rings is 2. The predicted molar refractivity (Wildman–Crippen MR) is 94.1 cm³/mol. The van der Waals surface area contributed by atoms with Gasteiger partial charge in [-0.2, -0.15) is 10.4 Å². The fourth-order valence-corrected chi connectivity index (χ4v) is 2.44. The topological polar surface area (TPSA) is 112 Å². The van der Waals surface area contributed by atoms with E-state index in [-0.39, 0.29) is 0 Å². The summed E-state index contributed by atoms with van der Waals surface area (Å²) < 4.78 is 0. The van der Waals surface area contributed by atoms with E-state index in [1.807, 2.05) is 6.07 Å². The van der Waals surface area contributed by atoms with Crippen molar-refractivity contribution < 1.29 is 9.59 Å². The average Bonchev–Trinajstić information content (AvgIpc) is 3.16. The van der Waals surface area contributed by atoms with Gasteiger partial charge in [-0.1, -0.05) is 42.5 Å². The number of nitrogens with zero attached hydrogens (tertiary/aromatic N) is 3. The highest BCUT2D eigenvalue weighted by Gasteiger charge is 2.27. The van der Waals surface area contributed by atoms with Crippen molar-refractivity contribution in [3.8, 4) is 6.07 Å². The molecule has 3 rings (SSSR count). The van der Waals surface area contributed by atoms with Crippen molar-refractivity contribution in [2.75, 3.05) is 5.32 Å². The second kappa shape index (κ2) is 7.85. The zero-order chi connectivity index (χ0) is 18.4. The maximum Gasteiger partial charge on any atom is 0.249 e. The molecule has 26 heavy (non-hydrogen) atoms. The zero-order valence-electron chi connectivity index (χ0n) is 13.7. The van der Waals surface area contributed by atoms with E-state index in [0.717, 1.165) is 5.56 Å². The first-order valence-electron chi connectivity index (χ1n) is 7.90. The average molecular weight is 345 g/mol. The van der Waals surface area contributed by atoms with Crippen molar-refractivity contribution >= 4 is 17.4 Å². The van der Waals surface area contributed by atoms with Crippen LogP contribution in [0, 0.1) is 17.2 Å². The molecule has 0 aliphatic carbocycles. The van der Waals surface area contributed by atoms with Gasteiger partial charge in [-0.15, -0.1) is 0 Å². The molecule has 2 aromatic carbocycles. The van der Waals surface area contributed by atoms with Gasteiger partial charge >= 0.3 is 0 Å². The smallest absolute Gasteiger partial charge is 0.249 e. The van der Waals surface area contributed by atoms with Crippen LogP contribution >= 0.6 is 0 Å². The van der Waals surface area contributed by atoms with E-state index in [4.69, 9.17) is 0 Å². The number of rotatable bonds is 6. The molecule has 1 aromatic heterocycles. The minimum absolute atomic E-state index is 0.307. The molecule has 1 amide bonds. The SMILES string of the molecule is N#CC(C(=O)Nc1ccccc1)C(=O)c1ccc(Cc2ncn[nH]2)cc1. The summed E-state index contributed by atoms with van der Waals surface area (Å²) in [5.41, 5.74) is 1.77. The zero-order valence-corrected chi connectivity index (χ0v) is 13.7. The van der Waals surface area contributed by atoms with Crippen molar-refractivity contribution in [2.24, 2.45) is 5.92 Å². The number of carbonyl (C=O) groups excluding carboxylic acids is 2. The number of ketones is 1. The highest BCUT2D eigenvalue weighted by Crippen LogP contribution is 2.15. The van der Waals surface area contributed by atoms with Gasteiger partial charge in [-0.3, -0.25) is 14.7 Å². The monoisotopic (exact) mass is 345 g/mol. The first kappa shape index (κ1) is 17.0. The van der Waals surface area contributed by atoms with Crippen molar-refractivity contribution in [1.82, 2.24) is 15.2 Å². The number of amides is 1. The number of anilines is 1. The second-order valence-electron chi connectivity index (χ2n) is 5.59. The summed E-state index contributed by atoms with van der Waals surface area (Å²) in [4.78, 5) is 28.8. The molecule has 1 heterocycles. The molecule has 0 bridgehead atoms. The Hall–Kier alpha value is -3.79. The Morgan fingerprint density at radius 3 is 2.46 bits per heavy atom. The van der Waals surface area contributed by atoms with E-state index in [1.165, 1.54) is 6.33 Å². The molecule has 0 radical (unpaired) electrons. The molecule has 2 N–H and O–H groups in total. The molecule has 0 fully saturated rings. The Morgan fingerprint density at radius 1 is 1.12 bits per heavy atom. The van der Waals surface area contributed by atoms with E-state index in [0.29, 0.717) is 23.5 Å². The molecule has 0 aliphatic rings. The highest BCUT2D eigenvalue weighted by molar-refractivity contribution is 6.15. The van der Waals surface area contributed by atoms with Gasteiger partial charge in [-0.05, 0) is 17.7 Å². The Kier molecular flexibility index (Phi) is 5.15. The lowest BCUT2D eigenvalue weighted by molar-refractivity contribution is -0.117. The van der Waals surface area contributed by atoms with Crippen LogP contribution in [0.1, 0.15) is 21.7 Å². The molecule has 0 spiro atoms. The molecule has 0 aliphatic heterocycles. The number of hydrogen-bond donors (Lipinski definition) is 2. The van der Waals surface area contributed by atoms with Crippen molar-refractivity contribution in [3.05, 3.63) is 77.9 Å². The third-order valence-corrected chi connectivity index (χ3v) is 3.77. The Bertz CT molecular complexity index is 928. The molecule has 1 unspecified atom stereocenters. The summed E-state index contributed by atoms with van der Waals surface area (Å²) in [6, 6.07) is 17.2. The van der Waals surface area contributed by atoms with E-state index in [1.54, 1.807) is 54.6 Å². The summed E-state index contributed by atoms with van der Waals surface area (Å²) in [6.45, 7) is 0. The summed E-state index contributed by atoms with van der Waals surface area (Å²) in [7, 11) is 0. The lowest BCUT2D eigenvalue weighted by Gasteiger charge is -2.10. The molecule has 7 nitrogen and oxygen atoms in total. The van der Waals surface area contributed by atoms with E-state index >= 15 is 0 Å². The highest BCUT2D eigenvalue weighted by atomic mass is 16.2. The van der Waals surface area contributed by atoms with Gasteiger partial charge in [0.15, 0.2) is 11.7 Å². The van der Waals surface area contributed by atoms with Gasteiger partial charge in [0, 0.05) is 17.7 Å². The number of para-hydroxylation sites is 1. The van der Waals surface area contributed by atoms with Crippen LogP contribution in [0.5, 0.6) is 0 Å². The third-order valence-electron chi connectivity index (χ3n) is 3.77. The van der Waals surface area contributed by atoms with Crippen LogP contribution in [0.2, 0.25) is 0 Å². The van der Waals surface area contributed by atoms with Crippen LogP contribution in [0.15, 0.2) is 60.9 Å². The fourth-order valence-electron chi connectivity index (χ4n) is 2.44. The maximum absolute atomic E-state index is 12.5. The van der Waals surface area contributed by atoms with Crippen LogP contribution in [0.25, 0.3) is 0 Å². The number of nitriles is 1. The molecule has 3 aromatic rings. The minimum Gasteiger partial charge on any atom is -0.325 e. The van der Waals surface area contributed by atoms with Gasteiger partial charge in [0.2, 0.25) is 5.91 Å². The largest absolute Gasteiger partial charge is 0.325 e. The first-order chi connectivity index (χ1) is 12.7. The molecular weight excluding hydrogens is 330 g/mol. The van der Waals surface area contributed by atoms with Crippen LogP contribution in [-0.2, 0) is 11.2 Å². The summed E-state index contributed by atoms with van der Waals surface area (Å²) in [6.07, 6.45) is 1.97. The van der Waals surface area contributed by atoms with E-state index < -0.39 is 17.6 Å². The first-order valence-corrected chi connectivity index (χ1v) is 7.90. The Labute approximate surface area is 149 Å². The number of H-pyrrole nitrogens is 1. The van der Waals surface area contributed by atoms with Crippen LogP contribution in [0.3, 0.4) is 0 Å². The minimum atomic E-state index is -1.41. The van der Waals surface area contributed by atoms with Gasteiger partial charge in [-0.25, -0.2) is 4.98 Å². The predicted octanol–water partition coefficient (Wildman–Crippen LogP) is 2.36. The summed E-state index contributed by atoms with van der Waals surface area (Å²) in [5, 5.41) is 18.4. The number of aromatic amines is 1. The van der Waals surface area contributed by atoms with Gasteiger partial charge in [0.25, 0.3) is 0 Å². The van der Waals surface area contributed by atoms with Crippen LogP contribution < -0.4 is 5.32 Å². The molecule has 0 saturated carbocycles. The second-order valence-corrected chi connectivity index (χ2v) is 5.59. The maximum atomic E-state index is 12.5. The van der Waals surface area contributed by atoms with Gasteiger partial charge in [0.1, 0.15) is 12.2 Å².